The predicted molar refractivity (Wildman–Crippen MR) is 117 cm³/mol. The maximum absolute atomic E-state index is 13.1. The molecule has 8 nitrogen and oxygen atoms in total. The number of hydrogen-bond acceptors (Lipinski definition) is 6. The Hall–Kier alpha value is -3.07. The molecule has 9 heteroatoms. The minimum atomic E-state index is -3.67. The molecule has 0 fully saturated rings. The highest BCUT2D eigenvalue weighted by atomic mass is 32.2. The second-order valence-electron chi connectivity index (χ2n) is 7.93. The molecule has 4 rings (SSSR count). The van der Waals surface area contributed by atoms with Gasteiger partial charge in [-0.3, -0.25) is 14.5 Å². The summed E-state index contributed by atoms with van der Waals surface area (Å²) in [6, 6.07) is 11.1. The molecule has 2 N–H and O–H groups in total. The third-order valence-corrected chi connectivity index (χ3v) is 6.36. The van der Waals surface area contributed by atoms with E-state index in [9.17, 15) is 13.2 Å². The summed E-state index contributed by atoms with van der Waals surface area (Å²) in [5, 5.41) is 2.88. The number of nitrogens with zero attached hydrogens (tertiary/aromatic N) is 1. The van der Waals surface area contributed by atoms with Crippen LogP contribution in [0.5, 0.6) is 11.5 Å². The van der Waals surface area contributed by atoms with E-state index in [1.807, 2.05) is 13.8 Å². The summed E-state index contributed by atoms with van der Waals surface area (Å²) in [5.74, 6) is 1.28. The molecule has 0 aliphatic carbocycles. The van der Waals surface area contributed by atoms with Crippen LogP contribution in [0.15, 0.2) is 52.4 Å². The van der Waals surface area contributed by atoms with Crippen LogP contribution in [0.1, 0.15) is 32.3 Å². The number of carbonyl (C=O) groups excluding carboxylic acids is 1. The van der Waals surface area contributed by atoms with Gasteiger partial charge in [-0.25, -0.2) is 8.42 Å². The molecule has 0 saturated heterocycles. The van der Waals surface area contributed by atoms with E-state index < -0.39 is 16.1 Å². The molecule has 1 amide bonds. The fourth-order valence-corrected chi connectivity index (χ4v) is 4.76. The zero-order valence-electron chi connectivity index (χ0n) is 17.4. The van der Waals surface area contributed by atoms with Crippen LogP contribution in [0.4, 0.5) is 5.69 Å². The molecule has 2 aliphatic rings. The number of benzene rings is 2. The van der Waals surface area contributed by atoms with Crippen molar-refractivity contribution in [3.05, 3.63) is 48.0 Å². The minimum Gasteiger partial charge on any atom is -0.490 e. The highest BCUT2D eigenvalue weighted by molar-refractivity contribution is 7.90. The van der Waals surface area contributed by atoms with Crippen molar-refractivity contribution < 1.29 is 22.7 Å². The highest BCUT2D eigenvalue weighted by Crippen LogP contribution is 2.32. The maximum Gasteiger partial charge on any atom is 0.263 e. The Kier molecular flexibility index (Phi) is 5.86. The maximum atomic E-state index is 13.1. The van der Waals surface area contributed by atoms with Crippen LogP contribution < -0.4 is 19.5 Å². The van der Waals surface area contributed by atoms with Gasteiger partial charge in [0.1, 0.15) is 11.9 Å². The molecule has 0 aromatic heterocycles. The molecule has 1 atom stereocenters. The summed E-state index contributed by atoms with van der Waals surface area (Å²) in [6.07, 6.45) is 1.26. The monoisotopic (exact) mass is 443 g/mol. The van der Waals surface area contributed by atoms with Crippen molar-refractivity contribution >= 4 is 27.5 Å². The molecule has 2 aromatic rings. The highest BCUT2D eigenvalue weighted by Gasteiger charge is 2.32. The molecule has 2 aliphatic heterocycles. The van der Waals surface area contributed by atoms with Gasteiger partial charge in [-0.1, -0.05) is 26.0 Å². The van der Waals surface area contributed by atoms with Crippen molar-refractivity contribution in [1.29, 1.82) is 0 Å². The fraction of sp³-hybridized carbons (Fsp3) is 0.364. The molecule has 164 valence electrons. The van der Waals surface area contributed by atoms with Gasteiger partial charge in [0.15, 0.2) is 11.5 Å². The van der Waals surface area contributed by atoms with Gasteiger partial charge in [0, 0.05) is 23.7 Å². The number of sulfonamides is 1. The Bertz CT molecular complexity index is 1130. The van der Waals surface area contributed by atoms with Crippen molar-refractivity contribution in [2.45, 2.75) is 37.6 Å². The van der Waals surface area contributed by atoms with Crippen LogP contribution in [0.25, 0.3) is 0 Å². The zero-order valence-corrected chi connectivity index (χ0v) is 18.2. The van der Waals surface area contributed by atoms with Crippen LogP contribution >= 0.6 is 0 Å². The van der Waals surface area contributed by atoms with Crippen molar-refractivity contribution in [2.24, 2.45) is 10.9 Å². The Morgan fingerprint density at radius 1 is 1.13 bits per heavy atom. The van der Waals surface area contributed by atoms with E-state index in [1.165, 1.54) is 6.07 Å². The second-order valence-corrected chi connectivity index (χ2v) is 9.58. The molecule has 31 heavy (non-hydrogen) atoms. The first-order valence-corrected chi connectivity index (χ1v) is 11.7. The van der Waals surface area contributed by atoms with E-state index in [0.29, 0.717) is 42.4 Å². The first-order chi connectivity index (χ1) is 14.8. The molecule has 0 spiro atoms. The normalized spacial score (nSPS) is 18.7. The molecular formula is C22H25N3O5S. The largest absolute Gasteiger partial charge is 0.490 e. The SMILES string of the molecule is CC(C)C[C@H](N=C1NS(=O)(=O)c2ccccc21)C(=O)Nc1ccc2c(c1)OCCCO2. The van der Waals surface area contributed by atoms with Crippen LogP contribution in [-0.2, 0) is 14.8 Å². The number of hydrogen-bond donors (Lipinski definition) is 2. The fourth-order valence-electron chi connectivity index (χ4n) is 3.52. The average molecular weight is 444 g/mol. The second kappa shape index (κ2) is 8.58. The lowest BCUT2D eigenvalue weighted by Crippen LogP contribution is -2.31. The van der Waals surface area contributed by atoms with Crippen LogP contribution in [-0.4, -0.2) is 39.4 Å². The van der Waals surface area contributed by atoms with Gasteiger partial charge < -0.3 is 14.8 Å². The molecule has 0 unspecified atom stereocenters. The number of amidine groups is 1. The van der Waals surface area contributed by atoms with Crippen LogP contribution in [0.2, 0.25) is 0 Å². The molecule has 0 bridgehead atoms. The summed E-state index contributed by atoms with van der Waals surface area (Å²) in [4.78, 5) is 17.8. The number of amides is 1. The molecular weight excluding hydrogens is 418 g/mol. The van der Waals surface area contributed by atoms with Crippen LogP contribution in [0, 0.1) is 5.92 Å². The van der Waals surface area contributed by atoms with Gasteiger partial charge in [0.2, 0.25) is 5.91 Å². The summed E-state index contributed by atoms with van der Waals surface area (Å²) in [5.41, 5.74) is 1.04. The van der Waals surface area contributed by atoms with Gasteiger partial charge in [-0.15, -0.1) is 0 Å². The number of rotatable bonds is 5. The molecule has 0 saturated carbocycles. The van der Waals surface area contributed by atoms with Crippen LogP contribution in [0.3, 0.4) is 0 Å². The van der Waals surface area contributed by atoms with Gasteiger partial charge in [0.05, 0.1) is 18.1 Å². The van der Waals surface area contributed by atoms with E-state index in [2.05, 4.69) is 15.0 Å². The van der Waals surface area contributed by atoms with Gasteiger partial charge >= 0.3 is 0 Å². The lowest BCUT2D eigenvalue weighted by atomic mass is 10.0. The molecule has 2 heterocycles. The van der Waals surface area contributed by atoms with Crippen molar-refractivity contribution in [3.63, 3.8) is 0 Å². The number of nitrogens with one attached hydrogen (secondary N) is 2. The lowest BCUT2D eigenvalue weighted by molar-refractivity contribution is -0.117. The Morgan fingerprint density at radius 2 is 1.87 bits per heavy atom. The summed E-state index contributed by atoms with van der Waals surface area (Å²) in [6.45, 7) is 5.11. The molecule has 0 radical (unpaired) electrons. The van der Waals surface area contributed by atoms with E-state index in [-0.39, 0.29) is 22.6 Å². The summed E-state index contributed by atoms with van der Waals surface area (Å²) in [7, 11) is -3.67. The third kappa shape index (κ3) is 4.66. The van der Waals surface area contributed by atoms with E-state index in [1.54, 1.807) is 36.4 Å². The quantitative estimate of drug-likeness (QED) is 0.739. The Balaban J connectivity index is 1.60. The topological polar surface area (TPSA) is 106 Å². The number of ether oxygens (including phenoxy) is 2. The first kappa shape index (κ1) is 21.2. The smallest absolute Gasteiger partial charge is 0.263 e. The number of anilines is 1. The Labute approximate surface area is 181 Å². The van der Waals surface area contributed by atoms with Crippen molar-refractivity contribution in [3.8, 4) is 11.5 Å². The lowest BCUT2D eigenvalue weighted by Gasteiger charge is -2.17. The Morgan fingerprint density at radius 3 is 2.65 bits per heavy atom. The zero-order chi connectivity index (χ0) is 22.0. The standard InChI is InChI=1S/C22H25N3O5S/c1-14(2)12-17(24-21-16-6-3-4-7-20(16)31(27,28)25-21)22(26)23-15-8-9-18-19(13-15)30-11-5-10-29-18/h3-4,6-9,13-14,17H,5,10-12H2,1-2H3,(H,23,26)(H,24,25)/t17-/m0/s1. The summed E-state index contributed by atoms with van der Waals surface area (Å²) >= 11 is 0. The van der Waals surface area contributed by atoms with E-state index >= 15 is 0 Å². The summed E-state index contributed by atoms with van der Waals surface area (Å²) < 4.78 is 38.5. The van der Waals surface area contributed by atoms with E-state index in [0.717, 1.165) is 6.42 Å². The van der Waals surface area contributed by atoms with Gasteiger partial charge in [0.25, 0.3) is 10.0 Å². The van der Waals surface area contributed by atoms with Gasteiger partial charge in [-0.05, 0) is 36.6 Å². The van der Waals surface area contributed by atoms with Crippen molar-refractivity contribution in [1.82, 2.24) is 4.72 Å². The van der Waals surface area contributed by atoms with E-state index in [4.69, 9.17) is 9.47 Å². The van der Waals surface area contributed by atoms with Gasteiger partial charge in [-0.2, -0.15) is 0 Å². The molecule has 2 aromatic carbocycles. The minimum absolute atomic E-state index is 0.167. The van der Waals surface area contributed by atoms with Crippen molar-refractivity contribution in [2.75, 3.05) is 18.5 Å². The number of fused-ring (bicyclic) bond motifs is 2. The average Bonchev–Trinajstić information content (AvgIpc) is 2.86. The first-order valence-electron chi connectivity index (χ1n) is 10.2. The number of aliphatic imine (C=N–C) groups is 1. The number of carbonyl (C=O) groups is 1. The predicted octanol–water partition coefficient (Wildman–Crippen LogP) is 2.94. The third-order valence-electron chi connectivity index (χ3n) is 4.96.